The maximum absolute atomic E-state index is 11.1. The number of hydrogen-bond acceptors (Lipinski definition) is 6. The van der Waals surface area contributed by atoms with Crippen molar-refractivity contribution in [3.8, 4) is 5.75 Å². The van der Waals surface area contributed by atoms with E-state index < -0.39 is 5.76 Å². The number of hydrogen-bond donors (Lipinski definition) is 3. The van der Waals surface area contributed by atoms with Crippen LogP contribution in [0, 0.1) is 5.92 Å². The number of ether oxygens (including phenoxy) is 1. The number of aromatic nitrogens is 2. The van der Waals surface area contributed by atoms with E-state index in [-0.39, 0.29) is 12.5 Å². The van der Waals surface area contributed by atoms with Gasteiger partial charge in [-0.05, 0) is 72.9 Å². The summed E-state index contributed by atoms with van der Waals surface area (Å²) in [4.78, 5) is 11.1. The molecule has 32 heavy (non-hydrogen) atoms. The van der Waals surface area contributed by atoms with Crippen LogP contribution in [0.2, 0.25) is 5.02 Å². The SMILES string of the molecule is O=c1[nH]nc(COc2cc(/C=C/c3ccc(Cl)cc3Br)cc(CNCC3CCNC3)c2)o1. The Hall–Kier alpha value is -2.39. The third kappa shape index (κ3) is 6.56. The predicted octanol–water partition coefficient (Wildman–Crippen LogP) is 4.23. The number of aromatic amines is 1. The van der Waals surface area contributed by atoms with Gasteiger partial charge in [0.1, 0.15) is 5.75 Å². The summed E-state index contributed by atoms with van der Waals surface area (Å²) < 4.78 is 11.7. The minimum atomic E-state index is -0.597. The average molecular weight is 520 g/mol. The minimum Gasteiger partial charge on any atom is -0.484 e. The van der Waals surface area contributed by atoms with E-state index in [1.165, 1.54) is 6.42 Å². The third-order valence-electron chi connectivity index (χ3n) is 5.18. The van der Waals surface area contributed by atoms with Gasteiger partial charge in [-0.25, -0.2) is 9.89 Å². The van der Waals surface area contributed by atoms with Gasteiger partial charge >= 0.3 is 5.76 Å². The maximum atomic E-state index is 11.1. The zero-order valence-electron chi connectivity index (χ0n) is 17.4. The van der Waals surface area contributed by atoms with Crippen LogP contribution in [0.3, 0.4) is 0 Å². The van der Waals surface area contributed by atoms with E-state index in [4.69, 9.17) is 20.8 Å². The predicted molar refractivity (Wildman–Crippen MR) is 129 cm³/mol. The van der Waals surface area contributed by atoms with E-state index in [1.807, 2.05) is 42.5 Å². The smallest absolute Gasteiger partial charge is 0.434 e. The lowest BCUT2D eigenvalue weighted by Gasteiger charge is -2.12. The zero-order valence-corrected chi connectivity index (χ0v) is 19.7. The molecule has 1 atom stereocenters. The fourth-order valence-electron chi connectivity index (χ4n) is 3.57. The summed E-state index contributed by atoms with van der Waals surface area (Å²) >= 11 is 9.59. The lowest BCUT2D eigenvalue weighted by atomic mass is 10.1. The molecule has 0 saturated carbocycles. The van der Waals surface area contributed by atoms with Crippen molar-refractivity contribution in [1.82, 2.24) is 20.8 Å². The van der Waals surface area contributed by atoms with Crippen LogP contribution < -0.4 is 21.1 Å². The van der Waals surface area contributed by atoms with Gasteiger partial charge < -0.3 is 19.8 Å². The van der Waals surface area contributed by atoms with Crippen molar-refractivity contribution in [3.05, 3.63) is 79.0 Å². The van der Waals surface area contributed by atoms with Gasteiger partial charge in [0.25, 0.3) is 5.89 Å². The molecule has 1 aliphatic heterocycles. The van der Waals surface area contributed by atoms with Gasteiger partial charge in [-0.2, -0.15) is 0 Å². The van der Waals surface area contributed by atoms with Crippen molar-refractivity contribution in [1.29, 1.82) is 0 Å². The van der Waals surface area contributed by atoms with E-state index in [0.717, 1.165) is 47.3 Å². The molecule has 1 saturated heterocycles. The standard InChI is InChI=1S/C23H24BrClN4O3/c24-21-10-19(25)4-3-18(21)2-1-15-7-17(13-27-12-16-5-6-26-11-16)9-20(8-15)31-14-22-28-29-23(30)32-22/h1-4,7-10,16,26-27H,5-6,11-14H2,(H,29,30)/b2-1+. The number of rotatable bonds is 9. The van der Waals surface area contributed by atoms with Crippen LogP contribution in [-0.4, -0.2) is 29.8 Å². The Balaban J connectivity index is 1.49. The highest BCUT2D eigenvalue weighted by molar-refractivity contribution is 9.10. The molecule has 0 radical (unpaired) electrons. The summed E-state index contributed by atoms with van der Waals surface area (Å²) in [5, 5.41) is 13.6. The molecule has 1 fully saturated rings. The van der Waals surface area contributed by atoms with Gasteiger partial charge in [-0.1, -0.05) is 51.8 Å². The third-order valence-corrected chi connectivity index (χ3v) is 6.10. The number of benzene rings is 2. The quantitative estimate of drug-likeness (QED) is 0.367. The zero-order chi connectivity index (χ0) is 22.3. The Bertz CT molecular complexity index is 1140. The Morgan fingerprint density at radius 1 is 1.28 bits per heavy atom. The van der Waals surface area contributed by atoms with Crippen molar-refractivity contribution >= 4 is 39.7 Å². The van der Waals surface area contributed by atoms with Crippen molar-refractivity contribution in [2.75, 3.05) is 19.6 Å². The molecule has 4 rings (SSSR count). The summed E-state index contributed by atoms with van der Waals surface area (Å²) in [5.74, 6) is 0.945. The second kappa shape index (κ2) is 11.0. The van der Waals surface area contributed by atoms with Crippen LogP contribution in [0.25, 0.3) is 12.2 Å². The first-order valence-corrected chi connectivity index (χ1v) is 11.6. The minimum absolute atomic E-state index is 0.0647. The first kappa shape index (κ1) is 22.8. The highest BCUT2D eigenvalue weighted by atomic mass is 79.9. The summed E-state index contributed by atoms with van der Waals surface area (Å²) in [5.41, 5.74) is 3.12. The van der Waals surface area contributed by atoms with Gasteiger partial charge in [0.05, 0.1) is 0 Å². The molecule has 0 aliphatic carbocycles. The largest absolute Gasteiger partial charge is 0.484 e. The summed E-state index contributed by atoms with van der Waals surface area (Å²) in [6.45, 7) is 3.93. The molecule has 0 spiro atoms. The van der Waals surface area contributed by atoms with Gasteiger partial charge in [0, 0.05) is 16.0 Å². The highest BCUT2D eigenvalue weighted by Crippen LogP contribution is 2.25. The van der Waals surface area contributed by atoms with Gasteiger partial charge in [0.2, 0.25) is 0 Å². The van der Waals surface area contributed by atoms with Crippen LogP contribution in [-0.2, 0) is 13.2 Å². The number of H-pyrrole nitrogens is 1. The molecular weight excluding hydrogens is 496 g/mol. The van der Waals surface area contributed by atoms with E-state index in [2.05, 4.69) is 42.8 Å². The molecule has 1 aromatic heterocycles. The van der Waals surface area contributed by atoms with Crippen molar-refractivity contribution < 1.29 is 9.15 Å². The fourth-order valence-corrected chi connectivity index (χ4v) is 4.38. The first-order valence-electron chi connectivity index (χ1n) is 10.4. The van der Waals surface area contributed by atoms with Crippen LogP contribution in [0.5, 0.6) is 5.75 Å². The van der Waals surface area contributed by atoms with Crippen LogP contribution in [0.15, 0.2) is 50.1 Å². The molecule has 0 amide bonds. The topological polar surface area (TPSA) is 92.2 Å². The summed E-state index contributed by atoms with van der Waals surface area (Å²) in [6.07, 6.45) is 5.25. The highest BCUT2D eigenvalue weighted by Gasteiger charge is 2.13. The number of halogens is 2. The molecule has 2 heterocycles. The lowest BCUT2D eigenvalue weighted by Crippen LogP contribution is -2.24. The molecule has 3 aromatic rings. The molecule has 0 bridgehead atoms. The molecule has 168 valence electrons. The monoisotopic (exact) mass is 518 g/mol. The van der Waals surface area contributed by atoms with Crippen molar-refractivity contribution in [2.45, 2.75) is 19.6 Å². The van der Waals surface area contributed by atoms with Crippen LogP contribution in [0.4, 0.5) is 0 Å². The number of nitrogens with zero attached hydrogens (tertiary/aromatic N) is 1. The second-order valence-electron chi connectivity index (χ2n) is 7.69. The van der Waals surface area contributed by atoms with Gasteiger partial charge in [-0.15, -0.1) is 5.10 Å². The van der Waals surface area contributed by atoms with Crippen molar-refractivity contribution in [3.63, 3.8) is 0 Å². The van der Waals surface area contributed by atoms with E-state index in [0.29, 0.717) is 16.7 Å². The molecule has 2 aromatic carbocycles. The lowest BCUT2D eigenvalue weighted by molar-refractivity contribution is 0.259. The Morgan fingerprint density at radius 3 is 2.94 bits per heavy atom. The Labute approximate surface area is 199 Å². The Kier molecular flexibility index (Phi) is 7.81. The molecule has 9 heteroatoms. The maximum Gasteiger partial charge on any atom is 0.434 e. The van der Waals surface area contributed by atoms with Crippen LogP contribution >= 0.6 is 27.5 Å². The molecule has 7 nitrogen and oxygen atoms in total. The van der Waals surface area contributed by atoms with E-state index in [9.17, 15) is 4.79 Å². The van der Waals surface area contributed by atoms with E-state index in [1.54, 1.807) is 0 Å². The summed E-state index contributed by atoms with van der Waals surface area (Å²) in [6, 6.07) is 11.7. The first-order chi connectivity index (χ1) is 15.5. The van der Waals surface area contributed by atoms with Gasteiger partial charge in [-0.3, -0.25) is 0 Å². The number of nitrogens with one attached hydrogen (secondary N) is 3. The van der Waals surface area contributed by atoms with Crippen molar-refractivity contribution in [2.24, 2.45) is 5.92 Å². The second-order valence-corrected chi connectivity index (χ2v) is 8.99. The fraction of sp³-hybridized carbons (Fsp3) is 0.304. The van der Waals surface area contributed by atoms with Gasteiger partial charge in [0.15, 0.2) is 6.61 Å². The van der Waals surface area contributed by atoms with Crippen LogP contribution in [0.1, 0.15) is 29.0 Å². The average Bonchev–Trinajstić information content (AvgIpc) is 3.43. The molecule has 1 aliphatic rings. The van der Waals surface area contributed by atoms with E-state index >= 15 is 0 Å². The normalized spacial score (nSPS) is 16.1. The molecular formula is C23H24BrClN4O3. The Morgan fingerprint density at radius 2 is 2.19 bits per heavy atom. The molecule has 3 N–H and O–H groups in total. The molecule has 1 unspecified atom stereocenters. The summed E-state index contributed by atoms with van der Waals surface area (Å²) in [7, 11) is 0.